The molecular weight excluding hydrogens is 628 g/mol. The van der Waals surface area contributed by atoms with Gasteiger partial charge in [-0.1, -0.05) is 40.7 Å². The van der Waals surface area contributed by atoms with Crippen LogP contribution in [0.5, 0.6) is 0 Å². The van der Waals surface area contributed by atoms with Crippen LogP contribution in [0.15, 0.2) is 30.3 Å². The largest absolute Gasteiger partial charge is 0.444 e. The lowest BCUT2D eigenvalue weighted by atomic mass is 9.70. The van der Waals surface area contributed by atoms with E-state index >= 15 is 0 Å². The van der Waals surface area contributed by atoms with Crippen LogP contribution in [0.25, 0.3) is 10.9 Å². The van der Waals surface area contributed by atoms with Gasteiger partial charge >= 0.3 is 6.09 Å². The Morgan fingerprint density at radius 3 is 2.46 bits per heavy atom. The Morgan fingerprint density at radius 1 is 1.08 bits per heavy atom. The molecule has 3 aliphatic rings. The number of piperazine rings is 1. The molecule has 0 unspecified atom stereocenters. The molecule has 0 saturated carbocycles. The molecule has 0 radical (unpaired) electrons. The first-order chi connectivity index (χ1) is 23.5. The molecule has 6 rings (SSSR count). The SMILES string of the molecule is CCc1cc2c(cc1N1CCN(C(=O)CCCN3C[C@H](NC(=O)OC(C)(C)C)C(C)(C)C3)CC1)C(C)(C)c1[nH]c3cc(C#N)ccc3c1C2=O. The summed E-state index contributed by atoms with van der Waals surface area (Å²) in [4.78, 5) is 49.9. The summed E-state index contributed by atoms with van der Waals surface area (Å²) in [5.74, 6) is 0.208. The van der Waals surface area contributed by atoms with Gasteiger partial charge in [-0.05, 0) is 81.0 Å². The Kier molecular flexibility index (Phi) is 9.27. The lowest BCUT2D eigenvalue weighted by Gasteiger charge is -2.39. The van der Waals surface area contributed by atoms with Crippen molar-refractivity contribution in [2.24, 2.45) is 5.41 Å². The molecule has 2 aliphatic heterocycles. The topological polar surface area (TPSA) is 122 Å². The maximum atomic E-state index is 14.0. The number of alkyl carbamates (subject to hydrolysis) is 1. The number of ether oxygens (including phenoxy) is 1. The van der Waals surface area contributed by atoms with Crippen molar-refractivity contribution in [3.05, 3.63) is 63.8 Å². The Morgan fingerprint density at radius 2 is 1.80 bits per heavy atom. The fourth-order valence-electron chi connectivity index (χ4n) is 8.08. The second-order valence-corrected chi connectivity index (χ2v) is 16.5. The average Bonchev–Trinajstić information content (AvgIpc) is 3.58. The van der Waals surface area contributed by atoms with E-state index < -0.39 is 11.0 Å². The van der Waals surface area contributed by atoms with E-state index in [9.17, 15) is 19.6 Å². The third-order valence-electron chi connectivity index (χ3n) is 10.8. The number of H-pyrrole nitrogens is 1. The lowest BCUT2D eigenvalue weighted by Crippen LogP contribution is -2.49. The van der Waals surface area contributed by atoms with Gasteiger partial charge in [0.05, 0.1) is 23.2 Å². The number of hydrogen-bond donors (Lipinski definition) is 2. The zero-order valence-electron chi connectivity index (χ0n) is 31.0. The Hall–Kier alpha value is -4.36. The van der Waals surface area contributed by atoms with Crippen LogP contribution in [-0.4, -0.2) is 90.0 Å². The molecule has 3 heterocycles. The van der Waals surface area contributed by atoms with E-state index in [4.69, 9.17) is 4.74 Å². The van der Waals surface area contributed by atoms with E-state index in [1.54, 1.807) is 6.07 Å². The lowest BCUT2D eigenvalue weighted by molar-refractivity contribution is -0.131. The number of anilines is 1. The number of carbonyl (C=O) groups is 3. The Bertz CT molecular complexity index is 1870. The summed E-state index contributed by atoms with van der Waals surface area (Å²) in [6.45, 7) is 21.6. The highest BCUT2D eigenvalue weighted by molar-refractivity contribution is 6.20. The Labute approximate surface area is 296 Å². The maximum absolute atomic E-state index is 14.0. The van der Waals surface area contributed by atoms with Crippen LogP contribution in [0.3, 0.4) is 0 Å². The molecule has 266 valence electrons. The molecule has 3 aromatic rings. The van der Waals surface area contributed by atoms with Crippen molar-refractivity contribution in [2.75, 3.05) is 50.7 Å². The summed E-state index contributed by atoms with van der Waals surface area (Å²) in [6, 6.07) is 12.0. The molecule has 2 fully saturated rings. The second kappa shape index (κ2) is 13.1. The van der Waals surface area contributed by atoms with Gasteiger partial charge in [-0.25, -0.2) is 4.79 Å². The zero-order valence-corrected chi connectivity index (χ0v) is 31.0. The molecule has 1 atom stereocenters. The van der Waals surface area contributed by atoms with E-state index in [0.717, 1.165) is 84.5 Å². The van der Waals surface area contributed by atoms with Crippen molar-refractivity contribution >= 4 is 34.4 Å². The second-order valence-electron chi connectivity index (χ2n) is 16.5. The van der Waals surface area contributed by atoms with Crippen molar-refractivity contribution in [3.8, 4) is 6.07 Å². The zero-order chi connectivity index (χ0) is 36.2. The van der Waals surface area contributed by atoms with Gasteiger partial charge in [-0.15, -0.1) is 0 Å². The smallest absolute Gasteiger partial charge is 0.407 e. The van der Waals surface area contributed by atoms with E-state index in [2.05, 4.69) is 72.9 Å². The standard InChI is InChI=1S/C40H52N6O4/c1-9-26-20-28-29(40(7,8)36-34(35(28)48)27-13-12-25(22-41)19-30(27)42-36)21-31(26)45-15-17-46(18-16-45)33(47)11-10-14-44-23-32(39(5,6)24-44)43-37(49)50-38(2,3)4/h12-13,19-21,32,42H,9-11,14-18,23-24H2,1-8H3,(H,43,49)/t32-/m0/s1. The highest BCUT2D eigenvalue weighted by atomic mass is 16.6. The number of aromatic nitrogens is 1. The van der Waals surface area contributed by atoms with Crippen molar-refractivity contribution in [1.82, 2.24) is 20.1 Å². The van der Waals surface area contributed by atoms with Gasteiger partial charge in [-0.3, -0.25) is 9.59 Å². The molecule has 1 aromatic heterocycles. The summed E-state index contributed by atoms with van der Waals surface area (Å²) < 4.78 is 5.48. The quantitative estimate of drug-likeness (QED) is 0.308. The molecule has 0 bridgehead atoms. The van der Waals surface area contributed by atoms with Gasteiger partial charge in [0, 0.05) is 79.0 Å². The molecule has 2 aromatic carbocycles. The number of nitrogens with one attached hydrogen (secondary N) is 2. The number of rotatable bonds is 7. The van der Waals surface area contributed by atoms with E-state index in [-0.39, 0.29) is 29.2 Å². The number of likely N-dealkylation sites (tertiary alicyclic amines) is 1. The summed E-state index contributed by atoms with van der Waals surface area (Å²) in [5.41, 5.74) is 5.91. The number of amides is 2. The number of ketones is 1. The molecule has 2 amide bonds. The van der Waals surface area contributed by atoms with Crippen molar-refractivity contribution in [1.29, 1.82) is 5.26 Å². The van der Waals surface area contributed by atoms with Crippen LogP contribution >= 0.6 is 0 Å². The van der Waals surface area contributed by atoms with Crippen LogP contribution in [0.1, 0.15) is 107 Å². The summed E-state index contributed by atoms with van der Waals surface area (Å²) in [5, 5.41) is 13.3. The first-order valence-corrected chi connectivity index (χ1v) is 18.1. The molecule has 10 nitrogen and oxygen atoms in total. The maximum Gasteiger partial charge on any atom is 0.407 e. The molecule has 1 aliphatic carbocycles. The molecular formula is C40H52N6O4. The predicted octanol–water partition coefficient (Wildman–Crippen LogP) is 6.14. The highest BCUT2D eigenvalue weighted by Gasteiger charge is 2.42. The summed E-state index contributed by atoms with van der Waals surface area (Å²) in [7, 11) is 0. The van der Waals surface area contributed by atoms with Crippen LogP contribution in [0.2, 0.25) is 0 Å². The number of hydrogen-bond acceptors (Lipinski definition) is 7. The third-order valence-corrected chi connectivity index (χ3v) is 10.8. The number of aryl methyl sites for hydroxylation is 1. The average molecular weight is 681 g/mol. The van der Waals surface area contributed by atoms with E-state index in [1.165, 1.54) is 0 Å². The molecule has 2 saturated heterocycles. The minimum atomic E-state index is -0.539. The summed E-state index contributed by atoms with van der Waals surface area (Å²) >= 11 is 0. The predicted molar refractivity (Wildman–Crippen MR) is 196 cm³/mol. The van der Waals surface area contributed by atoms with E-state index in [0.29, 0.717) is 30.6 Å². The van der Waals surface area contributed by atoms with Gasteiger partial charge in [-0.2, -0.15) is 5.26 Å². The number of carbonyl (C=O) groups excluding carboxylic acids is 3. The molecule has 50 heavy (non-hydrogen) atoms. The number of nitrogens with zero attached hydrogens (tertiary/aromatic N) is 4. The first-order valence-electron chi connectivity index (χ1n) is 18.1. The van der Waals surface area contributed by atoms with Crippen molar-refractivity contribution in [2.45, 2.75) is 91.7 Å². The number of fused-ring (bicyclic) bond motifs is 4. The molecule has 2 N–H and O–H groups in total. The van der Waals surface area contributed by atoms with Crippen molar-refractivity contribution < 1.29 is 19.1 Å². The van der Waals surface area contributed by atoms with Crippen LogP contribution in [0, 0.1) is 16.7 Å². The van der Waals surface area contributed by atoms with Gasteiger partial charge in [0.25, 0.3) is 0 Å². The van der Waals surface area contributed by atoms with Gasteiger partial charge in [0.2, 0.25) is 5.91 Å². The summed E-state index contributed by atoms with van der Waals surface area (Å²) in [6.07, 6.45) is 1.68. The molecule has 0 spiro atoms. The fraction of sp³-hybridized carbons (Fsp3) is 0.550. The Balaban J connectivity index is 1.08. The molecule has 10 heteroatoms. The number of benzene rings is 2. The van der Waals surface area contributed by atoms with Crippen LogP contribution < -0.4 is 10.2 Å². The van der Waals surface area contributed by atoms with Crippen LogP contribution in [0.4, 0.5) is 10.5 Å². The monoisotopic (exact) mass is 680 g/mol. The number of nitriles is 1. The fourth-order valence-corrected chi connectivity index (χ4v) is 8.08. The first kappa shape index (κ1) is 35.5. The third kappa shape index (κ3) is 6.72. The van der Waals surface area contributed by atoms with Crippen LogP contribution in [-0.2, 0) is 21.4 Å². The highest BCUT2D eigenvalue weighted by Crippen LogP contribution is 2.46. The van der Waals surface area contributed by atoms with Gasteiger partial charge in [0.1, 0.15) is 5.60 Å². The van der Waals surface area contributed by atoms with Gasteiger partial charge < -0.3 is 29.7 Å². The van der Waals surface area contributed by atoms with Crippen molar-refractivity contribution in [3.63, 3.8) is 0 Å². The number of aromatic amines is 1. The minimum absolute atomic E-state index is 0.0106. The minimum Gasteiger partial charge on any atom is -0.444 e. The van der Waals surface area contributed by atoms with E-state index in [1.807, 2.05) is 37.8 Å². The normalized spacial score (nSPS) is 20.0. The van der Waals surface area contributed by atoms with Gasteiger partial charge in [0.15, 0.2) is 5.78 Å².